The second-order valence-electron chi connectivity index (χ2n) is 4.27. The molecule has 0 aliphatic heterocycles. The number of carbonyl (C=O) groups excluding carboxylic acids is 1. The molecule has 0 aromatic carbocycles. The summed E-state index contributed by atoms with van der Waals surface area (Å²) >= 11 is 0.945. The van der Waals surface area contributed by atoms with Crippen LogP contribution >= 0.6 is 11.3 Å². The number of hydrazone groups is 1. The Hall–Kier alpha value is -2.81. The third-order valence-corrected chi connectivity index (χ3v) is 3.48. The molecular formula is C13H11FN6OS. The van der Waals surface area contributed by atoms with Crippen molar-refractivity contribution in [1.29, 1.82) is 0 Å². The molecule has 22 heavy (non-hydrogen) atoms. The monoisotopic (exact) mass is 318 g/mol. The fourth-order valence-corrected chi connectivity index (χ4v) is 2.31. The quantitative estimate of drug-likeness (QED) is 0.573. The average Bonchev–Trinajstić information content (AvgIpc) is 3.22. The fourth-order valence-electron chi connectivity index (χ4n) is 1.70. The van der Waals surface area contributed by atoms with Gasteiger partial charge >= 0.3 is 0 Å². The zero-order valence-corrected chi connectivity index (χ0v) is 12.1. The Labute approximate surface area is 128 Å². The Bertz CT molecular complexity index is 791. The lowest BCUT2D eigenvalue weighted by atomic mass is 10.4. The number of nitrogens with one attached hydrogen (secondary N) is 1. The normalized spacial score (nSPS) is 11.1. The van der Waals surface area contributed by atoms with Crippen molar-refractivity contribution in [3.05, 3.63) is 58.6 Å². The van der Waals surface area contributed by atoms with Crippen LogP contribution in [0, 0.1) is 5.13 Å². The predicted molar refractivity (Wildman–Crippen MR) is 79.2 cm³/mol. The molecule has 9 heteroatoms. The Morgan fingerprint density at radius 2 is 2.27 bits per heavy atom. The lowest BCUT2D eigenvalue weighted by Gasteiger charge is -2.00. The lowest BCUT2D eigenvalue weighted by molar-refractivity contribution is 0.0949. The van der Waals surface area contributed by atoms with E-state index in [-0.39, 0.29) is 10.8 Å². The van der Waals surface area contributed by atoms with E-state index in [2.05, 4.69) is 20.7 Å². The van der Waals surface area contributed by atoms with E-state index in [0.717, 1.165) is 11.3 Å². The molecule has 1 N–H and O–H groups in total. The van der Waals surface area contributed by atoms with Crippen molar-refractivity contribution in [3.63, 3.8) is 0 Å². The molecule has 0 saturated carbocycles. The fraction of sp³-hybridized carbons (Fsp3) is 0.0769. The van der Waals surface area contributed by atoms with E-state index >= 15 is 0 Å². The molecule has 0 saturated heterocycles. The average molecular weight is 318 g/mol. The van der Waals surface area contributed by atoms with Gasteiger partial charge in [-0.25, -0.2) is 5.43 Å². The molecule has 1 amide bonds. The van der Waals surface area contributed by atoms with Crippen LogP contribution in [-0.2, 0) is 6.67 Å². The van der Waals surface area contributed by atoms with Gasteiger partial charge in [-0.1, -0.05) is 0 Å². The summed E-state index contributed by atoms with van der Waals surface area (Å²) in [5.74, 6) is -0.438. The van der Waals surface area contributed by atoms with Crippen LogP contribution in [0.5, 0.6) is 0 Å². The van der Waals surface area contributed by atoms with Gasteiger partial charge in [-0.15, -0.1) is 11.3 Å². The van der Waals surface area contributed by atoms with E-state index in [1.54, 1.807) is 46.2 Å². The Balaban J connectivity index is 1.58. The Morgan fingerprint density at radius 3 is 3.00 bits per heavy atom. The summed E-state index contributed by atoms with van der Waals surface area (Å²) < 4.78 is 16.0. The summed E-state index contributed by atoms with van der Waals surface area (Å²) in [5, 5.41) is 11.6. The van der Waals surface area contributed by atoms with Gasteiger partial charge in [0.05, 0.1) is 11.1 Å². The summed E-state index contributed by atoms with van der Waals surface area (Å²) in [6, 6.07) is 6.30. The number of hydrogen-bond donors (Lipinski definition) is 1. The van der Waals surface area contributed by atoms with Crippen LogP contribution in [0.1, 0.15) is 15.4 Å². The Kier molecular flexibility index (Phi) is 4.05. The van der Waals surface area contributed by atoms with E-state index in [4.69, 9.17) is 0 Å². The molecular weight excluding hydrogens is 307 g/mol. The molecule has 3 aromatic rings. The van der Waals surface area contributed by atoms with Crippen molar-refractivity contribution in [3.8, 4) is 0 Å². The molecule has 3 aromatic heterocycles. The highest BCUT2D eigenvalue weighted by Gasteiger charge is 2.08. The van der Waals surface area contributed by atoms with Gasteiger partial charge in [0.15, 0.2) is 10.8 Å². The van der Waals surface area contributed by atoms with Crippen LogP contribution in [0.15, 0.2) is 48.0 Å². The maximum Gasteiger partial charge on any atom is 0.291 e. The number of amides is 1. The summed E-state index contributed by atoms with van der Waals surface area (Å²) in [6.07, 6.45) is 6.52. The van der Waals surface area contributed by atoms with E-state index in [1.807, 2.05) is 0 Å². The minimum absolute atomic E-state index is 0.238. The molecule has 0 aliphatic carbocycles. The predicted octanol–water partition coefficient (Wildman–Crippen LogP) is 1.55. The third kappa shape index (κ3) is 3.44. The van der Waals surface area contributed by atoms with Crippen molar-refractivity contribution in [2.75, 3.05) is 0 Å². The number of rotatable bonds is 5. The number of halogens is 1. The van der Waals surface area contributed by atoms with Gasteiger partial charge in [0.25, 0.3) is 5.91 Å². The molecule has 0 atom stereocenters. The van der Waals surface area contributed by atoms with Crippen molar-refractivity contribution in [2.24, 2.45) is 5.10 Å². The second kappa shape index (κ2) is 6.31. The van der Waals surface area contributed by atoms with Crippen molar-refractivity contribution in [1.82, 2.24) is 25.0 Å². The SMILES string of the molecule is O=C(N/N=C/c1ccc(F)s1)c1ccn(Cn2cccn2)n1. The molecule has 112 valence electrons. The number of thiophene rings is 1. The van der Waals surface area contributed by atoms with Gasteiger partial charge in [0.1, 0.15) is 6.67 Å². The van der Waals surface area contributed by atoms with E-state index in [0.29, 0.717) is 11.5 Å². The first-order chi connectivity index (χ1) is 10.7. The molecule has 0 fully saturated rings. The molecule has 0 radical (unpaired) electrons. The molecule has 7 nitrogen and oxygen atoms in total. The van der Waals surface area contributed by atoms with Crippen molar-refractivity contribution in [2.45, 2.75) is 6.67 Å². The molecule has 3 rings (SSSR count). The van der Waals surface area contributed by atoms with Crippen LogP contribution in [0.2, 0.25) is 0 Å². The maximum absolute atomic E-state index is 12.8. The standard InChI is InChI=1S/C13H11FN6OS/c14-12-3-2-10(22-12)8-15-17-13(21)11-4-7-20(18-11)9-19-6-1-5-16-19/h1-8H,9H2,(H,17,21)/b15-8+. The third-order valence-electron chi connectivity index (χ3n) is 2.67. The summed E-state index contributed by atoms with van der Waals surface area (Å²) in [7, 11) is 0. The van der Waals surface area contributed by atoms with Gasteiger partial charge in [-0.3, -0.25) is 14.2 Å². The summed E-state index contributed by atoms with van der Waals surface area (Å²) in [5.41, 5.74) is 2.58. The van der Waals surface area contributed by atoms with Gasteiger partial charge in [0, 0.05) is 18.6 Å². The van der Waals surface area contributed by atoms with Gasteiger partial charge in [0.2, 0.25) is 0 Å². The van der Waals surface area contributed by atoms with E-state index < -0.39 is 5.91 Å². The topological polar surface area (TPSA) is 77.1 Å². The van der Waals surface area contributed by atoms with Crippen LogP contribution in [0.4, 0.5) is 4.39 Å². The van der Waals surface area contributed by atoms with Crippen LogP contribution in [0.3, 0.4) is 0 Å². The largest absolute Gasteiger partial charge is 0.291 e. The number of carbonyl (C=O) groups is 1. The highest BCUT2D eigenvalue weighted by Crippen LogP contribution is 2.11. The zero-order valence-electron chi connectivity index (χ0n) is 11.3. The van der Waals surface area contributed by atoms with Gasteiger partial charge in [-0.2, -0.15) is 19.7 Å². The second-order valence-corrected chi connectivity index (χ2v) is 5.33. The highest BCUT2D eigenvalue weighted by atomic mass is 32.1. The summed E-state index contributed by atoms with van der Waals surface area (Å²) in [6.45, 7) is 0.415. The molecule has 0 aliphatic rings. The molecule has 0 unspecified atom stereocenters. The van der Waals surface area contributed by atoms with Gasteiger partial charge in [-0.05, 0) is 24.3 Å². The number of aromatic nitrogens is 4. The molecule has 3 heterocycles. The van der Waals surface area contributed by atoms with Crippen LogP contribution < -0.4 is 5.43 Å². The van der Waals surface area contributed by atoms with E-state index in [9.17, 15) is 9.18 Å². The maximum atomic E-state index is 12.8. The first kappa shape index (κ1) is 14.1. The molecule has 0 bridgehead atoms. The Morgan fingerprint density at radius 1 is 1.36 bits per heavy atom. The number of hydrogen-bond acceptors (Lipinski definition) is 5. The molecule has 0 spiro atoms. The van der Waals surface area contributed by atoms with E-state index in [1.165, 1.54) is 12.3 Å². The first-order valence-corrected chi connectivity index (χ1v) is 7.12. The zero-order chi connectivity index (χ0) is 15.4. The van der Waals surface area contributed by atoms with Gasteiger partial charge < -0.3 is 0 Å². The van der Waals surface area contributed by atoms with Crippen molar-refractivity contribution < 1.29 is 9.18 Å². The van der Waals surface area contributed by atoms with Crippen LogP contribution in [-0.4, -0.2) is 31.7 Å². The smallest absolute Gasteiger partial charge is 0.265 e. The minimum Gasteiger partial charge on any atom is -0.265 e. The summed E-state index contributed by atoms with van der Waals surface area (Å²) in [4.78, 5) is 12.5. The minimum atomic E-state index is -0.438. The first-order valence-electron chi connectivity index (χ1n) is 6.30. The lowest BCUT2D eigenvalue weighted by Crippen LogP contribution is -2.19. The number of nitrogens with zero attached hydrogens (tertiary/aromatic N) is 5. The highest BCUT2D eigenvalue weighted by molar-refractivity contribution is 7.12. The van der Waals surface area contributed by atoms with Crippen molar-refractivity contribution >= 4 is 23.5 Å². The van der Waals surface area contributed by atoms with Crippen LogP contribution in [0.25, 0.3) is 0 Å².